The average Bonchev–Trinajstić information content (AvgIpc) is 3.17. The molecular weight excluding hydrogens is 314 g/mol. The van der Waals surface area contributed by atoms with Gasteiger partial charge in [0.15, 0.2) is 10.9 Å². The minimum absolute atomic E-state index is 0.0286. The van der Waals surface area contributed by atoms with Crippen molar-refractivity contribution in [2.75, 3.05) is 12.8 Å². The van der Waals surface area contributed by atoms with E-state index in [1.807, 2.05) is 40.0 Å². The fraction of sp³-hybridized carbons (Fsp3) is 0.250. The van der Waals surface area contributed by atoms with Gasteiger partial charge in [-0.15, -0.1) is 11.3 Å². The number of fused-ring (bicyclic) bond motifs is 2. The highest BCUT2D eigenvalue weighted by atomic mass is 32.2. The Morgan fingerprint density at radius 3 is 3.14 bits per heavy atom. The minimum atomic E-state index is 0.0286. The van der Waals surface area contributed by atoms with Crippen molar-refractivity contribution in [1.82, 2.24) is 14.3 Å². The summed E-state index contributed by atoms with van der Waals surface area (Å²) in [6.07, 6.45) is 4.88. The Labute approximate surface area is 136 Å². The molecule has 4 nitrogen and oxygen atoms in total. The maximum atomic E-state index is 12.9. The number of thioether (sulfide) groups is 1. The van der Waals surface area contributed by atoms with Crippen LogP contribution in [0.5, 0.6) is 0 Å². The summed E-state index contributed by atoms with van der Waals surface area (Å²) in [5, 5.41) is 2.96. The van der Waals surface area contributed by atoms with Crippen LogP contribution in [0.15, 0.2) is 41.0 Å². The van der Waals surface area contributed by atoms with Crippen LogP contribution in [-0.2, 0) is 13.0 Å². The molecule has 0 bridgehead atoms. The second kappa shape index (κ2) is 5.44. The molecule has 0 unspecified atom stereocenters. The second-order valence-corrected chi connectivity index (χ2v) is 7.02. The Balaban J connectivity index is 1.72. The quantitative estimate of drug-likeness (QED) is 0.677. The van der Waals surface area contributed by atoms with Gasteiger partial charge in [-0.05, 0) is 41.8 Å². The number of imidazole rings is 1. The molecule has 0 fully saturated rings. The van der Waals surface area contributed by atoms with Crippen LogP contribution in [0.4, 0.5) is 0 Å². The molecule has 22 heavy (non-hydrogen) atoms. The minimum Gasteiger partial charge on any atom is -0.333 e. The molecule has 0 aromatic carbocycles. The lowest BCUT2D eigenvalue weighted by atomic mass is 10.1. The lowest BCUT2D eigenvalue weighted by Crippen LogP contribution is -2.35. The molecule has 0 saturated heterocycles. The third kappa shape index (κ3) is 2.14. The van der Waals surface area contributed by atoms with Crippen molar-refractivity contribution in [2.45, 2.75) is 18.1 Å². The van der Waals surface area contributed by atoms with Crippen LogP contribution in [0.25, 0.3) is 5.52 Å². The van der Waals surface area contributed by atoms with E-state index in [0.717, 1.165) is 23.6 Å². The average molecular weight is 329 g/mol. The second-order valence-electron chi connectivity index (χ2n) is 5.25. The first-order valence-electron chi connectivity index (χ1n) is 7.13. The number of thiophene rings is 1. The number of pyridine rings is 1. The Morgan fingerprint density at radius 1 is 1.36 bits per heavy atom. The molecule has 4 heterocycles. The Morgan fingerprint density at radius 2 is 2.27 bits per heavy atom. The van der Waals surface area contributed by atoms with Crippen molar-refractivity contribution >= 4 is 34.5 Å². The van der Waals surface area contributed by atoms with E-state index in [-0.39, 0.29) is 5.91 Å². The van der Waals surface area contributed by atoms with Crippen LogP contribution in [-0.4, -0.2) is 33.0 Å². The zero-order chi connectivity index (χ0) is 15.1. The number of hydrogen-bond acceptors (Lipinski definition) is 4. The number of hydrogen-bond donors (Lipinski definition) is 0. The van der Waals surface area contributed by atoms with E-state index in [2.05, 4.69) is 16.4 Å². The zero-order valence-corrected chi connectivity index (χ0v) is 13.8. The summed E-state index contributed by atoms with van der Waals surface area (Å²) < 4.78 is 1.98. The van der Waals surface area contributed by atoms with Gasteiger partial charge < -0.3 is 4.90 Å². The number of carbonyl (C=O) groups is 1. The van der Waals surface area contributed by atoms with E-state index in [1.54, 1.807) is 23.1 Å². The summed E-state index contributed by atoms with van der Waals surface area (Å²) in [7, 11) is 0. The van der Waals surface area contributed by atoms with Gasteiger partial charge in [0.25, 0.3) is 5.91 Å². The third-order valence-corrected chi connectivity index (χ3v) is 5.67. The highest BCUT2D eigenvalue weighted by molar-refractivity contribution is 7.98. The van der Waals surface area contributed by atoms with Crippen LogP contribution < -0.4 is 0 Å². The van der Waals surface area contributed by atoms with Gasteiger partial charge in [0, 0.05) is 24.2 Å². The van der Waals surface area contributed by atoms with E-state index in [1.165, 1.54) is 10.4 Å². The van der Waals surface area contributed by atoms with E-state index < -0.39 is 0 Å². The standard InChI is InChI=1S/C16H15N3OS2/c1-21-16-17-14(12-4-2-3-7-19(12)16)15(20)18-8-5-13-11(10-18)6-9-22-13/h2-4,6-7,9H,5,8,10H2,1H3. The fourth-order valence-electron chi connectivity index (χ4n) is 2.88. The zero-order valence-electron chi connectivity index (χ0n) is 12.2. The maximum absolute atomic E-state index is 12.9. The largest absolute Gasteiger partial charge is 0.333 e. The van der Waals surface area contributed by atoms with E-state index in [9.17, 15) is 4.79 Å². The first-order valence-corrected chi connectivity index (χ1v) is 9.24. The van der Waals surface area contributed by atoms with E-state index in [0.29, 0.717) is 12.2 Å². The van der Waals surface area contributed by atoms with Gasteiger partial charge in [0.2, 0.25) is 0 Å². The van der Waals surface area contributed by atoms with Gasteiger partial charge in [-0.25, -0.2) is 4.98 Å². The van der Waals surface area contributed by atoms with Crippen LogP contribution in [0, 0.1) is 0 Å². The molecule has 0 radical (unpaired) electrons. The molecule has 0 aliphatic carbocycles. The van der Waals surface area contributed by atoms with Crippen LogP contribution in [0.3, 0.4) is 0 Å². The molecule has 0 saturated carbocycles. The smallest absolute Gasteiger partial charge is 0.275 e. The van der Waals surface area contributed by atoms with Crippen LogP contribution in [0.2, 0.25) is 0 Å². The number of carbonyl (C=O) groups excluding carboxylic acids is 1. The lowest BCUT2D eigenvalue weighted by molar-refractivity contribution is 0.0732. The molecule has 3 aromatic rings. The topological polar surface area (TPSA) is 37.6 Å². The van der Waals surface area contributed by atoms with E-state index in [4.69, 9.17) is 0 Å². The molecular formula is C16H15N3OS2. The highest BCUT2D eigenvalue weighted by Crippen LogP contribution is 2.27. The molecule has 112 valence electrons. The van der Waals surface area contributed by atoms with Gasteiger partial charge in [-0.2, -0.15) is 0 Å². The summed E-state index contributed by atoms with van der Waals surface area (Å²) >= 11 is 3.34. The predicted molar refractivity (Wildman–Crippen MR) is 89.7 cm³/mol. The molecule has 0 N–H and O–H groups in total. The molecule has 1 aliphatic heterocycles. The van der Waals surface area contributed by atoms with E-state index >= 15 is 0 Å². The van der Waals surface area contributed by atoms with Crippen LogP contribution >= 0.6 is 23.1 Å². The molecule has 6 heteroatoms. The fourth-order valence-corrected chi connectivity index (χ4v) is 4.31. The predicted octanol–water partition coefficient (Wildman–Crippen LogP) is 3.32. The Hall–Kier alpha value is -1.79. The van der Waals surface area contributed by atoms with Crippen molar-refractivity contribution in [1.29, 1.82) is 0 Å². The van der Waals surface area contributed by atoms with Crippen molar-refractivity contribution in [2.24, 2.45) is 0 Å². The van der Waals surface area contributed by atoms with Crippen LogP contribution in [0.1, 0.15) is 20.9 Å². The van der Waals surface area contributed by atoms with Gasteiger partial charge in [0.05, 0.1) is 5.52 Å². The van der Waals surface area contributed by atoms with Crippen molar-refractivity contribution in [3.8, 4) is 0 Å². The van der Waals surface area contributed by atoms with Crippen molar-refractivity contribution in [3.05, 3.63) is 52.0 Å². The normalized spacial score (nSPS) is 14.3. The number of rotatable bonds is 2. The summed E-state index contributed by atoms with van der Waals surface area (Å²) in [5.41, 5.74) is 2.72. The summed E-state index contributed by atoms with van der Waals surface area (Å²) in [4.78, 5) is 20.8. The molecule has 4 rings (SSSR count). The first-order chi connectivity index (χ1) is 10.8. The number of nitrogens with zero attached hydrogens (tertiary/aromatic N) is 3. The summed E-state index contributed by atoms with van der Waals surface area (Å²) in [6, 6.07) is 7.99. The monoisotopic (exact) mass is 329 g/mol. The van der Waals surface area contributed by atoms with Gasteiger partial charge >= 0.3 is 0 Å². The Bertz CT molecular complexity index is 852. The van der Waals surface area contributed by atoms with Gasteiger partial charge in [-0.3, -0.25) is 9.20 Å². The number of amides is 1. The molecule has 3 aromatic heterocycles. The number of aromatic nitrogens is 2. The van der Waals surface area contributed by atoms with Crippen molar-refractivity contribution < 1.29 is 4.79 Å². The summed E-state index contributed by atoms with van der Waals surface area (Å²) in [6.45, 7) is 1.46. The van der Waals surface area contributed by atoms with Gasteiger partial charge in [0.1, 0.15) is 0 Å². The van der Waals surface area contributed by atoms with Gasteiger partial charge in [-0.1, -0.05) is 17.8 Å². The molecule has 1 aliphatic rings. The highest BCUT2D eigenvalue weighted by Gasteiger charge is 2.26. The summed E-state index contributed by atoms with van der Waals surface area (Å²) in [5.74, 6) is 0.0286. The first kappa shape index (κ1) is 13.8. The van der Waals surface area contributed by atoms with Crippen molar-refractivity contribution in [3.63, 3.8) is 0 Å². The maximum Gasteiger partial charge on any atom is 0.275 e. The third-order valence-electron chi connectivity index (χ3n) is 4.00. The molecule has 1 amide bonds. The SMILES string of the molecule is CSc1nc(C(=O)N2CCc3sccc3C2)c2ccccn12. The Kier molecular flexibility index (Phi) is 3.43. The molecule has 0 spiro atoms. The lowest BCUT2D eigenvalue weighted by Gasteiger charge is -2.26. The molecule has 0 atom stereocenters.